The summed E-state index contributed by atoms with van der Waals surface area (Å²) in [6.45, 7) is 2.09. The summed E-state index contributed by atoms with van der Waals surface area (Å²) in [6, 6.07) is 26.4. The zero-order valence-corrected chi connectivity index (χ0v) is 20.8. The largest absolute Gasteiger partial charge is 0.348 e. The highest BCUT2D eigenvalue weighted by Gasteiger charge is 2.24. The van der Waals surface area contributed by atoms with Crippen LogP contribution in [0.25, 0.3) is 11.0 Å². The number of thioether (sulfide) groups is 1. The van der Waals surface area contributed by atoms with E-state index in [-0.39, 0.29) is 30.4 Å². The second-order valence-electron chi connectivity index (χ2n) is 8.42. The fourth-order valence-corrected chi connectivity index (χ4v) is 4.59. The zero-order chi connectivity index (χ0) is 24.6. The molecule has 35 heavy (non-hydrogen) atoms. The summed E-state index contributed by atoms with van der Waals surface area (Å²) in [6.07, 6.45) is 2.74. The van der Waals surface area contributed by atoms with Gasteiger partial charge in [0, 0.05) is 5.56 Å². The van der Waals surface area contributed by atoms with E-state index in [0.717, 1.165) is 22.3 Å². The number of nitrogens with one attached hydrogen (secondary N) is 2. The summed E-state index contributed by atoms with van der Waals surface area (Å²) < 4.78 is 1.93. The monoisotopic (exact) mass is 486 g/mol. The molecule has 2 atom stereocenters. The summed E-state index contributed by atoms with van der Waals surface area (Å²) >= 11 is 1.71. The van der Waals surface area contributed by atoms with Crippen LogP contribution < -0.4 is 10.6 Å². The van der Waals surface area contributed by atoms with Crippen LogP contribution in [0.2, 0.25) is 0 Å². The highest BCUT2D eigenvalue weighted by Crippen LogP contribution is 2.25. The zero-order valence-electron chi connectivity index (χ0n) is 20.0. The molecule has 3 aromatic carbocycles. The van der Waals surface area contributed by atoms with E-state index in [4.69, 9.17) is 4.98 Å². The number of amides is 2. The summed E-state index contributed by atoms with van der Waals surface area (Å²) in [5.41, 5.74) is 3.31. The van der Waals surface area contributed by atoms with Gasteiger partial charge in [-0.2, -0.15) is 11.8 Å². The molecule has 0 spiro atoms. The van der Waals surface area contributed by atoms with E-state index in [1.54, 1.807) is 23.9 Å². The molecule has 6 nitrogen and oxygen atoms in total. The first-order chi connectivity index (χ1) is 17.1. The van der Waals surface area contributed by atoms with E-state index >= 15 is 0 Å². The molecule has 0 fully saturated rings. The van der Waals surface area contributed by atoms with Gasteiger partial charge in [0.1, 0.15) is 12.4 Å². The molecular formula is C28H30N4O2S. The minimum Gasteiger partial charge on any atom is -0.348 e. The summed E-state index contributed by atoms with van der Waals surface area (Å²) in [7, 11) is 0. The first kappa shape index (κ1) is 24.5. The third-order valence-electron chi connectivity index (χ3n) is 5.93. The van der Waals surface area contributed by atoms with Gasteiger partial charge in [0.15, 0.2) is 0 Å². The van der Waals surface area contributed by atoms with Crippen LogP contribution in [0.5, 0.6) is 0 Å². The van der Waals surface area contributed by atoms with Crippen LogP contribution in [-0.2, 0) is 11.3 Å². The van der Waals surface area contributed by atoms with E-state index < -0.39 is 0 Å². The summed E-state index contributed by atoms with van der Waals surface area (Å²) in [4.78, 5) is 31.0. The lowest BCUT2D eigenvalue weighted by Crippen LogP contribution is -2.34. The van der Waals surface area contributed by atoms with Crippen molar-refractivity contribution in [1.29, 1.82) is 0 Å². The normalized spacial score (nSPS) is 12.7. The van der Waals surface area contributed by atoms with Crippen molar-refractivity contribution in [2.45, 2.75) is 32.0 Å². The Bertz CT molecular complexity index is 1270. The predicted octanol–water partition coefficient (Wildman–Crippen LogP) is 5.14. The molecular weight excluding hydrogens is 456 g/mol. The molecule has 2 N–H and O–H groups in total. The maximum atomic E-state index is 13.1. The minimum absolute atomic E-state index is 0.108. The number of nitrogens with zero attached hydrogens (tertiary/aromatic N) is 2. The Balaban J connectivity index is 1.62. The Morgan fingerprint density at radius 1 is 0.914 bits per heavy atom. The maximum Gasteiger partial charge on any atom is 0.251 e. The van der Waals surface area contributed by atoms with Crippen molar-refractivity contribution < 1.29 is 9.59 Å². The number of imidazole rings is 1. The SMILES string of the molecule is CSCC[C@@H](NC(=O)c1ccccc1)c1nc2ccccc2n1CC(=O)N[C@@H](C)c1ccccc1. The second-order valence-corrected chi connectivity index (χ2v) is 9.40. The molecule has 0 saturated carbocycles. The van der Waals surface area contributed by atoms with Crippen molar-refractivity contribution >= 4 is 34.6 Å². The van der Waals surface area contributed by atoms with Gasteiger partial charge in [0.25, 0.3) is 5.91 Å². The highest BCUT2D eigenvalue weighted by atomic mass is 32.2. The Morgan fingerprint density at radius 2 is 1.57 bits per heavy atom. The summed E-state index contributed by atoms with van der Waals surface area (Å²) in [5, 5.41) is 6.25. The second kappa shape index (κ2) is 11.7. The molecule has 1 aromatic heterocycles. The van der Waals surface area contributed by atoms with Crippen LogP contribution >= 0.6 is 11.8 Å². The molecule has 7 heteroatoms. The lowest BCUT2D eigenvalue weighted by Gasteiger charge is -2.21. The molecule has 180 valence electrons. The minimum atomic E-state index is -0.332. The number of carbonyl (C=O) groups excluding carboxylic acids is 2. The molecule has 0 aliphatic heterocycles. The average molecular weight is 487 g/mol. The van der Waals surface area contributed by atoms with Gasteiger partial charge < -0.3 is 15.2 Å². The van der Waals surface area contributed by atoms with E-state index in [1.807, 2.05) is 90.5 Å². The van der Waals surface area contributed by atoms with E-state index in [2.05, 4.69) is 10.6 Å². The first-order valence-corrected chi connectivity index (χ1v) is 13.1. The Labute approximate surface area is 210 Å². The smallest absolute Gasteiger partial charge is 0.251 e. The molecule has 0 unspecified atom stereocenters. The van der Waals surface area contributed by atoms with Gasteiger partial charge in [-0.15, -0.1) is 0 Å². The molecule has 2 amide bonds. The van der Waals surface area contributed by atoms with E-state index in [0.29, 0.717) is 17.8 Å². The van der Waals surface area contributed by atoms with Crippen LogP contribution in [0.15, 0.2) is 84.9 Å². The fraction of sp³-hybridized carbons (Fsp3) is 0.250. The fourth-order valence-electron chi connectivity index (χ4n) is 4.11. The number of fused-ring (bicyclic) bond motifs is 1. The Morgan fingerprint density at radius 3 is 2.29 bits per heavy atom. The van der Waals surface area contributed by atoms with Gasteiger partial charge in [-0.25, -0.2) is 4.98 Å². The number of aromatic nitrogens is 2. The third-order valence-corrected chi connectivity index (χ3v) is 6.57. The quantitative estimate of drug-likeness (QED) is 0.326. The lowest BCUT2D eigenvalue weighted by atomic mass is 10.1. The van der Waals surface area contributed by atoms with Crippen molar-refractivity contribution in [3.8, 4) is 0 Å². The molecule has 1 heterocycles. The van der Waals surface area contributed by atoms with Crippen molar-refractivity contribution in [3.63, 3.8) is 0 Å². The molecule has 0 aliphatic carbocycles. The van der Waals surface area contributed by atoms with Crippen LogP contribution in [0, 0.1) is 0 Å². The Kier molecular flexibility index (Phi) is 8.21. The number of rotatable bonds is 10. The van der Waals surface area contributed by atoms with Crippen LogP contribution in [-0.4, -0.2) is 33.4 Å². The number of benzene rings is 3. The molecule has 0 aliphatic rings. The predicted molar refractivity (Wildman–Crippen MR) is 142 cm³/mol. The molecule has 0 radical (unpaired) electrons. The van der Waals surface area contributed by atoms with Crippen LogP contribution in [0.1, 0.15) is 47.2 Å². The average Bonchev–Trinajstić information content (AvgIpc) is 3.25. The van der Waals surface area contributed by atoms with Crippen molar-refractivity contribution in [1.82, 2.24) is 20.2 Å². The number of hydrogen-bond acceptors (Lipinski definition) is 4. The van der Waals surface area contributed by atoms with Gasteiger partial charge >= 0.3 is 0 Å². The standard InChI is InChI=1S/C28H30N4O2S/c1-20(21-11-5-3-6-12-21)29-26(33)19-32-25-16-10-9-15-23(25)30-27(32)24(17-18-35-2)31-28(34)22-13-7-4-8-14-22/h3-16,20,24H,17-19H2,1-2H3,(H,29,33)(H,31,34)/t20-,24+/m0/s1. The van der Waals surface area contributed by atoms with Crippen LogP contribution in [0.4, 0.5) is 0 Å². The number of para-hydroxylation sites is 2. The highest BCUT2D eigenvalue weighted by molar-refractivity contribution is 7.98. The van der Waals surface area contributed by atoms with Gasteiger partial charge in [0.05, 0.1) is 23.1 Å². The first-order valence-electron chi connectivity index (χ1n) is 11.7. The molecule has 0 bridgehead atoms. The lowest BCUT2D eigenvalue weighted by molar-refractivity contribution is -0.122. The molecule has 0 saturated heterocycles. The van der Waals surface area contributed by atoms with Crippen molar-refractivity contribution in [2.24, 2.45) is 0 Å². The van der Waals surface area contributed by atoms with E-state index in [1.165, 1.54) is 0 Å². The molecule has 4 rings (SSSR count). The third kappa shape index (κ3) is 6.11. The van der Waals surface area contributed by atoms with Crippen LogP contribution in [0.3, 0.4) is 0 Å². The number of carbonyl (C=O) groups is 2. The van der Waals surface area contributed by atoms with Crippen molar-refractivity contribution in [2.75, 3.05) is 12.0 Å². The van der Waals surface area contributed by atoms with Gasteiger partial charge in [-0.1, -0.05) is 60.7 Å². The van der Waals surface area contributed by atoms with Gasteiger partial charge in [-0.3, -0.25) is 9.59 Å². The maximum absolute atomic E-state index is 13.1. The molecule has 4 aromatic rings. The van der Waals surface area contributed by atoms with Crippen molar-refractivity contribution in [3.05, 3.63) is 102 Å². The number of hydrogen-bond donors (Lipinski definition) is 2. The Hall–Kier alpha value is -3.58. The summed E-state index contributed by atoms with van der Waals surface area (Å²) in [5.74, 6) is 1.27. The topological polar surface area (TPSA) is 76.0 Å². The van der Waals surface area contributed by atoms with Gasteiger partial charge in [-0.05, 0) is 55.2 Å². The van der Waals surface area contributed by atoms with E-state index in [9.17, 15) is 9.59 Å². The van der Waals surface area contributed by atoms with Gasteiger partial charge in [0.2, 0.25) is 5.91 Å².